The van der Waals surface area contributed by atoms with Gasteiger partial charge in [-0.15, -0.1) is 0 Å². The SMILES string of the molecule is O=C(Nc1ccccc1C(=O)N1CCCCCC1)c1ccccc1O. The average molecular weight is 338 g/mol. The van der Waals surface area contributed by atoms with Crippen molar-refractivity contribution in [2.24, 2.45) is 0 Å². The summed E-state index contributed by atoms with van der Waals surface area (Å²) in [7, 11) is 0. The third-order valence-electron chi connectivity index (χ3n) is 4.45. The van der Waals surface area contributed by atoms with E-state index in [0.29, 0.717) is 11.3 Å². The van der Waals surface area contributed by atoms with E-state index in [2.05, 4.69) is 5.32 Å². The van der Waals surface area contributed by atoms with Crippen molar-refractivity contribution >= 4 is 17.5 Å². The van der Waals surface area contributed by atoms with Gasteiger partial charge in [0, 0.05) is 13.1 Å². The minimum atomic E-state index is -0.436. The summed E-state index contributed by atoms with van der Waals surface area (Å²) in [4.78, 5) is 27.2. The van der Waals surface area contributed by atoms with E-state index in [0.717, 1.165) is 38.8 Å². The zero-order valence-electron chi connectivity index (χ0n) is 14.1. The van der Waals surface area contributed by atoms with Crippen LogP contribution in [0.1, 0.15) is 46.4 Å². The highest BCUT2D eigenvalue weighted by Gasteiger charge is 2.21. The molecule has 1 aliphatic rings. The number of nitrogens with one attached hydrogen (secondary N) is 1. The Balaban J connectivity index is 1.82. The molecule has 25 heavy (non-hydrogen) atoms. The Morgan fingerprint density at radius 3 is 2.12 bits per heavy atom. The normalized spacial score (nSPS) is 14.6. The van der Waals surface area contributed by atoms with Gasteiger partial charge in [0.25, 0.3) is 11.8 Å². The van der Waals surface area contributed by atoms with E-state index in [9.17, 15) is 14.7 Å². The van der Waals surface area contributed by atoms with Crippen LogP contribution in [0.2, 0.25) is 0 Å². The molecule has 1 fully saturated rings. The number of carbonyl (C=O) groups is 2. The van der Waals surface area contributed by atoms with Crippen LogP contribution in [-0.4, -0.2) is 34.9 Å². The van der Waals surface area contributed by atoms with Gasteiger partial charge in [-0.1, -0.05) is 37.1 Å². The van der Waals surface area contributed by atoms with Crippen LogP contribution < -0.4 is 5.32 Å². The fourth-order valence-electron chi connectivity index (χ4n) is 3.08. The average Bonchev–Trinajstić information content (AvgIpc) is 2.91. The van der Waals surface area contributed by atoms with Crippen LogP contribution in [0.25, 0.3) is 0 Å². The van der Waals surface area contributed by atoms with Gasteiger partial charge in [0.2, 0.25) is 0 Å². The number of para-hydroxylation sites is 2. The standard InChI is InChI=1S/C20H22N2O3/c23-18-12-6-4-10-16(18)19(24)21-17-11-5-3-9-15(17)20(25)22-13-7-1-2-8-14-22/h3-6,9-12,23H,1-2,7-8,13-14H2,(H,21,24). The Morgan fingerprint density at radius 2 is 1.44 bits per heavy atom. The van der Waals surface area contributed by atoms with Crippen LogP contribution in [-0.2, 0) is 0 Å². The van der Waals surface area contributed by atoms with Crippen molar-refractivity contribution in [2.75, 3.05) is 18.4 Å². The second kappa shape index (κ2) is 7.83. The maximum Gasteiger partial charge on any atom is 0.259 e. The molecule has 2 aromatic carbocycles. The van der Waals surface area contributed by atoms with Crippen molar-refractivity contribution in [3.8, 4) is 5.75 Å². The van der Waals surface area contributed by atoms with Crippen LogP contribution in [0.15, 0.2) is 48.5 Å². The molecule has 0 atom stereocenters. The molecule has 0 bridgehead atoms. The Labute approximate surface area is 147 Å². The van der Waals surface area contributed by atoms with E-state index in [-0.39, 0.29) is 17.2 Å². The molecule has 1 saturated heterocycles. The maximum absolute atomic E-state index is 12.9. The predicted molar refractivity (Wildman–Crippen MR) is 96.9 cm³/mol. The Morgan fingerprint density at radius 1 is 0.840 bits per heavy atom. The van der Waals surface area contributed by atoms with E-state index in [1.807, 2.05) is 4.90 Å². The van der Waals surface area contributed by atoms with Crippen molar-refractivity contribution in [2.45, 2.75) is 25.7 Å². The number of hydrogen-bond acceptors (Lipinski definition) is 3. The van der Waals surface area contributed by atoms with Gasteiger partial charge in [-0.2, -0.15) is 0 Å². The number of phenols is 1. The number of amides is 2. The maximum atomic E-state index is 12.9. The lowest BCUT2D eigenvalue weighted by molar-refractivity contribution is 0.0762. The minimum Gasteiger partial charge on any atom is -0.507 e. The van der Waals surface area contributed by atoms with Gasteiger partial charge in [0.1, 0.15) is 5.75 Å². The van der Waals surface area contributed by atoms with Crippen molar-refractivity contribution in [3.63, 3.8) is 0 Å². The first-order chi connectivity index (χ1) is 12.2. The molecule has 2 N–H and O–H groups in total. The lowest BCUT2D eigenvalue weighted by atomic mass is 10.1. The van der Waals surface area contributed by atoms with E-state index >= 15 is 0 Å². The molecule has 2 aromatic rings. The van der Waals surface area contributed by atoms with Crippen LogP contribution in [0, 0.1) is 0 Å². The lowest BCUT2D eigenvalue weighted by Gasteiger charge is -2.22. The number of anilines is 1. The van der Waals surface area contributed by atoms with Gasteiger partial charge < -0.3 is 15.3 Å². The molecule has 0 aliphatic carbocycles. The summed E-state index contributed by atoms with van der Waals surface area (Å²) in [5.41, 5.74) is 1.12. The van der Waals surface area contributed by atoms with Crippen LogP contribution in [0.5, 0.6) is 5.75 Å². The number of carbonyl (C=O) groups excluding carboxylic acids is 2. The summed E-state index contributed by atoms with van der Waals surface area (Å²) in [5, 5.41) is 12.6. The number of likely N-dealkylation sites (tertiary alicyclic amines) is 1. The third-order valence-corrected chi connectivity index (χ3v) is 4.45. The molecular weight excluding hydrogens is 316 g/mol. The summed E-state index contributed by atoms with van der Waals surface area (Å²) in [6.07, 6.45) is 4.32. The van der Waals surface area contributed by atoms with Crippen LogP contribution >= 0.6 is 0 Å². The smallest absolute Gasteiger partial charge is 0.259 e. The molecule has 5 heteroatoms. The van der Waals surface area contributed by atoms with Gasteiger partial charge in [0.15, 0.2) is 0 Å². The summed E-state index contributed by atoms with van der Waals surface area (Å²) in [6.45, 7) is 1.50. The molecule has 0 aromatic heterocycles. The first kappa shape index (κ1) is 17.0. The molecule has 2 amide bonds. The van der Waals surface area contributed by atoms with E-state index in [1.165, 1.54) is 6.07 Å². The second-order valence-corrected chi connectivity index (χ2v) is 6.22. The third kappa shape index (κ3) is 3.99. The number of aromatic hydroxyl groups is 1. The number of rotatable bonds is 3. The molecular formula is C20H22N2O3. The highest BCUT2D eigenvalue weighted by atomic mass is 16.3. The number of phenolic OH excluding ortho intramolecular Hbond substituents is 1. The number of hydrogen-bond donors (Lipinski definition) is 2. The first-order valence-electron chi connectivity index (χ1n) is 8.64. The topological polar surface area (TPSA) is 69.6 Å². The van der Waals surface area contributed by atoms with Gasteiger partial charge in [-0.05, 0) is 37.1 Å². The fourth-order valence-corrected chi connectivity index (χ4v) is 3.08. The molecule has 0 spiro atoms. The molecule has 3 rings (SSSR count). The van der Waals surface area contributed by atoms with E-state index < -0.39 is 5.91 Å². The van der Waals surface area contributed by atoms with E-state index in [1.54, 1.807) is 42.5 Å². The summed E-state index contributed by atoms with van der Waals surface area (Å²) < 4.78 is 0. The van der Waals surface area contributed by atoms with Crippen molar-refractivity contribution in [1.82, 2.24) is 4.90 Å². The molecule has 0 saturated carbocycles. The number of nitrogens with zero attached hydrogens (tertiary/aromatic N) is 1. The molecule has 130 valence electrons. The predicted octanol–water partition coefficient (Wildman–Crippen LogP) is 3.66. The Hall–Kier alpha value is -2.82. The van der Waals surface area contributed by atoms with Crippen molar-refractivity contribution in [3.05, 3.63) is 59.7 Å². The fraction of sp³-hybridized carbons (Fsp3) is 0.300. The van der Waals surface area contributed by atoms with Gasteiger partial charge in [-0.3, -0.25) is 9.59 Å². The molecule has 1 aliphatic heterocycles. The van der Waals surface area contributed by atoms with Crippen LogP contribution in [0.4, 0.5) is 5.69 Å². The van der Waals surface area contributed by atoms with Gasteiger partial charge in [-0.25, -0.2) is 0 Å². The monoisotopic (exact) mass is 338 g/mol. The van der Waals surface area contributed by atoms with Gasteiger partial charge in [0.05, 0.1) is 16.8 Å². The molecule has 0 radical (unpaired) electrons. The summed E-state index contributed by atoms with van der Waals surface area (Å²) in [6, 6.07) is 13.4. The molecule has 1 heterocycles. The first-order valence-corrected chi connectivity index (χ1v) is 8.64. The summed E-state index contributed by atoms with van der Waals surface area (Å²) in [5.74, 6) is -0.583. The van der Waals surface area contributed by atoms with Crippen molar-refractivity contribution in [1.29, 1.82) is 0 Å². The Kier molecular flexibility index (Phi) is 5.33. The van der Waals surface area contributed by atoms with Crippen molar-refractivity contribution < 1.29 is 14.7 Å². The largest absolute Gasteiger partial charge is 0.507 e. The Bertz CT molecular complexity index is 765. The second-order valence-electron chi connectivity index (χ2n) is 6.22. The van der Waals surface area contributed by atoms with Crippen LogP contribution in [0.3, 0.4) is 0 Å². The zero-order valence-corrected chi connectivity index (χ0v) is 14.1. The molecule has 5 nitrogen and oxygen atoms in total. The van der Waals surface area contributed by atoms with Gasteiger partial charge >= 0.3 is 0 Å². The minimum absolute atomic E-state index is 0.0601. The quantitative estimate of drug-likeness (QED) is 0.897. The number of benzene rings is 2. The summed E-state index contributed by atoms with van der Waals surface area (Å²) >= 11 is 0. The molecule has 0 unspecified atom stereocenters. The highest BCUT2D eigenvalue weighted by Crippen LogP contribution is 2.22. The zero-order chi connectivity index (χ0) is 17.6. The highest BCUT2D eigenvalue weighted by molar-refractivity contribution is 6.10. The lowest BCUT2D eigenvalue weighted by Crippen LogP contribution is -2.32. The van der Waals surface area contributed by atoms with E-state index in [4.69, 9.17) is 0 Å².